The van der Waals surface area contributed by atoms with E-state index in [1.807, 2.05) is 6.92 Å². The van der Waals surface area contributed by atoms with Gasteiger partial charge >= 0.3 is 5.97 Å². The molecule has 0 aromatic heterocycles. The lowest BCUT2D eigenvalue weighted by molar-refractivity contribution is -0.200. The lowest BCUT2D eigenvalue weighted by atomic mass is 10.0. The summed E-state index contributed by atoms with van der Waals surface area (Å²) in [6.07, 6.45) is 0.548. The molecule has 0 saturated carbocycles. The zero-order chi connectivity index (χ0) is 11.3. The minimum atomic E-state index is -1.41. The van der Waals surface area contributed by atoms with E-state index in [2.05, 4.69) is 5.32 Å². The number of esters is 1. The summed E-state index contributed by atoms with van der Waals surface area (Å²) in [6, 6.07) is 0. The molecule has 1 saturated heterocycles. The van der Waals surface area contributed by atoms with Crippen LogP contribution in [0.5, 0.6) is 0 Å². The molecule has 5 heteroatoms. The lowest BCUT2D eigenvalue weighted by Gasteiger charge is -2.27. The molecule has 2 N–H and O–H groups in total. The molecule has 0 aliphatic carbocycles. The van der Waals surface area contributed by atoms with Crippen LogP contribution >= 0.6 is 0 Å². The van der Waals surface area contributed by atoms with Crippen molar-refractivity contribution in [3.63, 3.8) is 0 Å². The first-order valence-corrected chi connectivity index (χ1v) is 5.32. The predicted octanol–water partition coefficient (Wildman–Crippen LogP) is 0.0266. The molecule has 0 radical (unpaired) electrons. The minimum Gasteiger partial charge on any atom is -0.432 e. The van der Waals surface area contributed by atoms with Gasteiger partial charge in [-0.3, -0.25) is 0 Å². The van der Waals surface area contributed by atoms with Gasteiger partial charge in [0.25, 0.3) is 0 Å². The van der Waals surface area contributed by atoms with E-state index < -0.39 is 17.9 Å². The van der Waals surface area contributed by atoms with Crippen LogP contribution in [0.2, 0.25) is 0 Å². The molecule has 0 aromatic carbocycles. The molecule has 1 heterocycles. The first-order chi connectivity index (χ1) is 7.06. The van der Waals surface area contributed by atoms with Gasteiger partial charge in [0.15, 0.2) is 5.60 Å². The summed E-state index contributed by atoms with van der Waals surface area (Å²) in [5.74, 6) is -0.613. The highest BCUT2D eigenvalue weighted by Crippen LogP contribution is 2.15. The molecule has 1 aliphatic heterocycles. The Kier molecular flexibility index (Phi) is 4.50. The molecule has 1 fully saturated rings. The maximum absolute atomic E-state index is 11.5. The topological polar surface area (TPSA) is 67.8 Å². The largest absolute Gasteiger partial charge is 0.432 e. The molecule has 2 atom stereocenters. The molecule has 5 nitrogen and oxygen atoms in total. The monoisotopic (exact) mass is 217 g/mol. The van der Waals surface area contributed by atoms with E-state index in [9.17, 15) is 9.90 Å². The molecule has 1 rings (SSSR count). The van der Waals surface area contributed by atoms with Crippen molar-refractivity contribution in [3.05, 3.63) is 0 Å². The number of nitrogens with one attached hydrogen (secondary N) is 1. The van der Waals surface area contributed by atoms with E-state index in [0.29, 0.717) is 19.6 Å². The molecule has 0 aromatic rings. The van der Waals surface area contributed by atoms with Crippen LogP contribution < -0.4 is 5.32 Å². The molecule has 88 valence electrons. The fraction of sp³-hybridized carbons (Fsp3) is 0.900. The second-order valence-corrected chi connectivity index (χ2v) is 3.93. The van der Waals surface area contributed by atoms with Crippen LogP contribution in [0.1, 0.15) is 26.7 Å². The van der Waals surface area contributed by atoms with Crippen molar-refractivity contribution >= 4 is 5.97 Å². The number of aliphatic hydroxyl groups is 1. The maximum Gasteiger partial charge on any atom is 0.340 e. The van der Waals surface area contributed by atoms with Gasteiger partial charge in [-0.15, -0.1) is 0 Å². The van der Waals surface area contributed by atoms with Crippen molar-refractivity contribution in [1.82, 2.24) is 5.32 Å². The molecule has 0 spiro atoms. The number of carbonyl (C=O) groups is 1. The summed E-state index contributed by atoms with van der Waals surface area (Å²) < 4.78 is 10.2. The van der Waals surface area contributed by atoms with Crippen molar-refractivity contribution in [2.45, 2.75) is 38.6 Å². The average molecular weight is 217 g/mol. The van der Waals surface area contributed by atoms with Crippen LogP contribution in [0.15, 0.2) is 0 Å². The maximum atomic E-state index is 11.5. The van der Waals surface area contributed by atoms with Crippen LogP contribution in [0, 0.1) is 0 Å². The third kappa shape index (κ3) is 3.77. The van der Waals surface area contributed by atoms with Gasteiger partial charge in [-0.05, 0) is 13.3 Å². The van der Waals surface area contributed by atoms with Crippen LogP contribution in [-0.4, -0.2) is 42.7 Å². The van der Waals surface area contributed by atoms with E-state index >= 15 is 0 Å². The van der Waals surface area contributed by atoms with E-state index in [4.69, 9.17) is 9.47 Å². The summed E-state index contributed by atoms with van der Waals surface area (Å²) in [4.78, 5) is 11.5. The quantitative estimate of drug-likeness (QED) is 0.650. The van der Waals surface area contributed by atoms with E-state index in [0.717, 1.165) is 13.0 Å². The van der Waals surface area contributed by atoms with Crippen LogP contribution in [0.4, 0.5) is 0 Å². The Morgan fingerprint density at radius 3 is 3.00 bits per heavy atom. The molecule has 0 amide bonds. The van der Waals surface area contributed by atoms with E-state index in [-0.39, 0.29) is 0 Å². The Morgan fingerprint density at radius 1 is 1.73 bits per heavy atom. The van der Waals surface area contributed by atoms with Crippen LogP contribution in [0.25, 0.3) is 0 Å². The highest BCUT2D eigenvalue weighted by molar-refractivity contribution is 5.78. The highest BCUT2D eigenvalue weighted by Gasteiger charge is 2.33. The predicted molar refractivity (Wildman–Crippen MR) is 54.2 cm³/mol. The molecule has 1 aliphatic rings. The van der Waals surface area contributed by atoms with Gasteiger partial charge in [0.1, 0.15) is 0 Å². The van der Waals surface area contributed by atoms with Gasteiger partial charge in [-0.25, -0.2) is 4.79 Å². The average Bonchev–Trinajstić information content (AvgIpc) is 2.19. The van der Waals surface area contributed by atoms with Gasteiger partial charge in [0, 0.05) is 6.54 Å². The van der Waals surface area contributed by atoms with Gasteiger partial charge in [0.05, 0.1) is 13.2 Å². The van der Waals surface area contributed by atoms with Gasteiger partial charge < -0.3 is 19.9 Å². The Hall–Kier alpha value is -0.650. The van der Waals surface area contributed by atoms with Crippen molar-refractivity contribution in [2.75, 3.05) is 19.7 Å². The number of carbonyl (C=O) groups excluding carboxylic acids is 1. The molecule has 15 heavy (non-hydrogen) atoms. The molecular weight excluding hydrogens is 198 g/mol. The zero-order valence-electron chi connectivity index (χ0n) is 9.28. The van der Waals surface area contributed by atoms with E-state index in [1.54, 1.807) is 0 Å². The second kappa shape index (κ2) is 5.44. The number of morpholine rings is 1. The molecule has 0 bridgehead atoms. The first-order valence-electron chi connectivity index (χ1n) is 5.32. The SMILES string of the molecule is CCCC(C)(O)C(=O)OC1CNCCO1. The summed E-state index contributed by atoms with van der Waals surface area (Å²) in [7, 11) is 0. The Morgan fingerprint density at radius 2 is 2.47 bits per heavy atom. The standard InChI is InChI=1S/C10H19NO4/c1-3-4-10(2,13)9(12)15-8-7-11-5-6-14-8/h8,11,13H,3-7H2,1-2H3. The Labute approximate surface area is 89.8 Å². The molecular formula is C10H19NO4. The zero-order valence-corrected chi connectivity index (χ0v) is 9.28. The fourth-order valence-electron chi connectivity index (χ4n) is 1.45. The Bertz CT molecular complexity index is 211. The summed E-state index contributed by atoms with van der Waals surface area (Å²) >= 11 is 0. The number of hydrogen-bond donors (Lipinski definition) is 2. The van der Waals surface area contributed by atoms with Crippen molar-refractivity contribution in [2.24, 2.45) is 0 Å². The second-order valence-electron chi connectivity index (χ2n) is 3.93. The number of rotatable bonds is 4. The van der Waals surface area contributed by atoms with Crippen LogP contribution in [-0.2, 0) is 14.3 Å². The van der Waals surface area contributed by atoms with Crippen molar-refractivity contribution in [3.8, 4) is 0 Å². The minimum absolute atomic E-state index is 0.395. The van der Waals surface area contributed by atoms with E-state index in [1.165, 1.54) is 6.92 Å². The van der Waals surface area contributed by atoms with Gasteiger partial charge in [-0.1, -0.05) is 13.3 Å². The summed E-state index contributed by atoms with van der Waals surface area (Å²) in [5, 5.41) is 12.8. The number of hydrogen-bond acceptors (Lipinski definition) is 5. The summed E-state index contributed by atoms with van der Waals surface area (Å²) in [6.45, 7) is 5.14. The summed E-state index contributed by atoms with van der Waals surface area (Å²) in [5.41, 5.74) is -1.41. The molecule has 2 unspecified atom stereocenters. The Balaban J connectivity index is 2.39. The third-order valence-corrected chi connectivity index (χ3v) is 2.31. The van der Waals surface area contributed by atoms with Gasteiger partial charge in [0.2, 0.25) is 6.29 Å². The van der Waals surface area contributed by atoms with Gasteiger partial charge in [-0.2, -0.15) is 0 Å². The highest BCUT2D eigenvalue weighted by atomic mass is 16.7. The van der Waals surface area contributed by atoms with Crippen molar-refractivity contribution in [1.29, 1.82) is 0 Å². The first kappa shape index (κ1) is 12.4. The van der Waals surface area contributed by atoms with Crippen LogP contribution in [0.3, 0.4) is 0 Å². The van der Waals surface area contributed by atoms with Crippen molar-refractivity contribution < 1.29 is 19.4 Å². The fourth-order valence-corrected chi connectivity index (χ4v) is 1.45. The third-order valence-electron chi connectivity index (χ3n) is 2.31. The lowest BCUT2D eigenvalue weighted by Crippen LogP contribution is -2.45. The normalized spacial score (nSPS) is 25.7. The smallest absolute Gasteiger partial charge is 0.340 e. The number of ether oxygens (including phenoxy) is 2.